The second-order valence-electron chi connectivity index (χ2n) is 4.57. The number of para-hydroxylation sites is 1. The van der Waals surface area contributed by atoms with Gasteiger partial charge in [-0.25, -0.2) is 5.43 Å². The summed E-state index contributed by atoms with van der Waals surface area (Å²) in [4.78, 5) is 12.2. The Kier molecular flexibility index (Phi) is 5.94. The van der Waals surface area contributed by atoms with Crippen LogP contribution >= 0.6 is 0 Å². The van der Waals surface area contributed by atoms with Crippen molar-refractivity contribution in [1.29, 1.82) is 0 Å². The maximum Gasteiger partial charge on any atom is 0.275 e. The number of nitrogens with zero attached hydrogens (tertiary/aromatic N) is 1. The number of hydrazone groups is 1. The molecule has 1 N–H and O–H groups in total. The molecule has 0 bridgehead atoms. The number of ether oxygens (including phenoxy) is 2. The normalized spacial score (nSPS) is 10.3. The lowest BCUT2D eigenvalue weighted by Crippen LogP contribution is -2.18. The number of carbonyl (C=O) groups is 1. The van der Waals surface area contributed by atoms with E-state index in [-0.39, 0.29) is 5.91 Å². The van der Waals surface area contributed by atoms with Crippen LogP contribution in [0.1, 0.15) is 15.9 Å². The molecule has 5 heteroatoms. The minimum atomic E-state index is -0.338. The lowest BCUT2D eigenvalue weighted by atomic mass is 10.2. The van der Waals surface area contributed by atoms with Gasteiger partial charge in [0.25, 0.3) is 5.91 Å². The predicted octanol–water partition coefficient (Wildman–Crippen LogP) is 3.02. The third kappa shape index (κ3) is 4.71. The Morgan fingerprint density at radius 2 is 1.96 bits per heavy atom. The van der Waals surface area contributed by atoms with E-state index in [9.17, 15) is 4.79 Å². The van der Waals surface area contributed by atoms with Crippen LogP contribution in [0.15, 0.2) is 66.3 Å². The molecule has 0 atom stereocenters. The Balaban J connectivity index is 2.01. The summed E-state index contributed by atoms with van der Waals surface area (Å²) in [5.41, 5.74) is 3.75. The van der Waals surface area contributed by atoms with Crippen molar-refractivity contribution in [3.8, 4) is 11.5 Å². The molecule has 0 aromatic heterocycles. The van der Waals surface area contributed by atoms with Crippen LogP contribution in [0.2, 0.25) is 0 Å². The first-order valence-corrected chi connectivity index (χ1v) is 7.04. The van der Waals surface area contributed by atoms with Crippen LogP contribution in [0.4, 0.5) is 0 Å². The van der Waals surface area contributed by atoms with Crippen molar-refractivity contribution in [2.45, 2.75) is 0 Å². The number of carbonyl (C=O) groups excluding carboxylic acids is 1. The van der Waals surface area contributed by atoms with E-state index in [2.05, 4.69) is 17.1 Å². The van der Waals surface area contributed by atoms with Crippen LogP contribution in [-0.4, -0.2) is 25.8 Å². The molecule has 5 nitrogen and oxygen atoms in total. The molecular weight excluding hydrogens is 292 g/mol. The highest BCUT2D eigenvalue weighted by Crippen LogP contribution is 2.17. The number of amides is 1. The minimum Gasteiger partial charge on any atom is -0.497 e. The fourth-order valence-electron chi connectivity index (χ4n) is 1.84. The molecule has 2 rings (SSSR count). The van der Waals surface area contributed by atoms with Gasteiger partial charge in [0.2, 0.25) is 0 Å². The van der Waals surface area contributed by atoms with Crippen LogP contribution in [0.3, 0.4) is 0 Å². The molecular formula is C18H18N2O3. The number of hydrogen-bond acceptors (Lipinski definition) is 4. The van der Waals surface area contributed by atoms with Gasteiger partial charge in [-0.3, -0.25) is 4.79 Å². The average molecular weight is 310 g/mol. The predicted molar refractivity (Wildman–Crippen MR) is 90.2 cm³/mol. The summed E-state index contributed by atoms with van der Waals surface area (Å²) in [5.74, 6) is 0.915. The molecule has 0 aliphatic carbocycles. The van der Waals surface area contributed by atoms with Crippen LogP contribution in [0.25, 0.3) is 0 Å². The van der Waals surface area contributed by atoms with Gasteiger partial charge in [0.1, 0.15) is 18.1 Å². The van der Waals surface area contributed by atoms with E-state index in [1.807, 2.05) is 24.3 Å². The largest absolute Gasteiger partial charge is 0.497 e. The van der Waals surface area contributed by atoms with Crippen molar-refractivity contribution in [2.24, 2.45) is 5.10 Å². The topological polar surface area (TPSA) is 59.9 Å². The smallest absolute Gasteiger partial charge is 0.275 e. The molecule has 2 aromatic carbocycles. The molecule has 0 aliphatic heterocycles. The summed E-state index contributed by atoms with van der Waals surface area (Å²) in [6, 6.07) is 14.3. The Bertz CT molecular complexity index is 694. The molecule has 118 valence electrons. The molecule has 0 radical (unpaired) electrons. The molecule has 0 heterocycles. The lowest BCUT2D eigenvalue weighted by molar-refractivity contribution is 0.0951. The van der Waals surface area contributed by atoms with Crippen LogP contribution in [0, 0.1) is 0 Å². The SMILES string of the molecule is C=CCOc1ccccc1C(=O)NN=Cc1ccc(OC)cc1. The van der Waals surface area contributed by atoms with E-state index in [1.54, 1.807) is 43.7 Å². The number of rotatable bonds is 7. The van der Waals surface area contributed by atoms with Gasteiger partial charge in [-0.15, -0.1) is 0 Å². The zero-order chi connectivity index (χ0) is 16.5. The van der Waals surface area contributed by atoms with Crippen molar-refractivity contribution in [3.63, 3.8) is 0 Å². The standard InChI is InChI=1S/C18H18N2O3/c1-3-12-23-17-7-5-4-6-16(17)18(21)20-19-13-14-8-10-15(22-2)11-9-14/h3-11,13H,1,12H2,2H3,(H,20,21). The van der Waals surface area contributed by atoms with Crippen LogP contribution in [0.5, 0.6) is 11.5 Å². The van der Waals surface area contributed by atoms with Crippen molar-refractivity contribution in [1.82, 2.24) is 5.43 Å². The maximum absolute atomic E-state index is 12.2. The minimum absolute atomic E-state index is 0.333. The van der Waals surface area contributed by atoms with Gasteiger partial charge in [-0.05, 0) is 42.0 Å². The highest BCUT2D eigenvalue weighted by Gasteiger charge is 2.10. The summed E-state index contributed by atoms with van der Waals surface area (Å²) in [6.45, 7) is 3.92. The Morgan fingerprint density at radius 1 is 1.22 bits per heavy atom. The third-order valence-electron chi connectivity index (χ3n) is 2.98. The summed E-state index contributed by atoms with van der Waals surface area (Å²) in [6.07, 6.45) is 3.18. The van der Waals surface area contributed by atoms with Crippen molar-refractivity contribution in [3.05, 3.63) is 72.3 Å². The monoisotopic (exact) mass is 310 g/mol. The number of hydrogen-bond donors (Lipinski definition) is 1. The van der Waals surface area contributed by atoms with Crippen LogP contribution in [-0.2, 0) is 0 Å². The van der Waals surface area contributed by atoms with Crippen molar-refractivity contribution < 1.29 is 14.3 Å². The molecule has 0 spiro atoms. The molecule has 1 amide bonds. The molecule has 0 unspecified atom stereocenters. The maximum atomic E-state index is 12.2. The summed E-state index contributed by atoms with van der Waals surface area (Å²) in [7, 11) is 1.61. The van der Waals surface area contributed by atoms with Gasteiger partial charge in [-0.2, -0.15) is 5.10 Å². The summed E-state index contributed by atoms with van der Waals surface area (Å²) in [5, 5.41) is 3.95. The Labute approximate surface area is 135 Å². The quantitative estimate of drug-likeness (QED) is 0.486. The van der Waals surface area contributed by atoms with Gasteiger partial charge in [-0.1, -0.05) is 24.8 Å². The van der Waals surface area contributed by atoms with Gasteiger partial charge in [0, 0.05) is 0 Å². The first-order valence-electron chi connectivity index (χ1n) is 7.04. The van der Waals surface area contributed by atoms with E-state index in [0.717, 1.165) is 11.3 Å². The van der Waals surface area contributed by atoms with Gasteiger partial charge < -0.3 is 9.47 Å². The fraction of sp³-hybridized carbons (Fsp3) is 0.111. The molecule has 0 fully saturated rings. The first-order chi connectivity index (χ1) is 11.2. The van der Waals surface area contributed by atoms with Gasteiger partial charge >= 0.3 is 0 Å². The van der Waals surface area contributed by atoms with Gasteiger partial charge in [0.15, 0.2) is 0 Å². The van der Waals surface area contributed by atoms with E-state index in [1.165, 1.54) is 0 Å². The van der Waals surface area contributed by atoms with Gasteiger partial charge in [0.05, 0.1) is 18.9 Å². The van der Waals surface area contributed by atoms with E-state index >= 15 is 0 Å². The summed E-state index contributed by atoms with van der Waals surface area (Å²) < 4.78 is 10.5. The molecule has 0 saturated carbocycles. The highest BCUT2D eigenvalue weighted by molar-refractivity contribution is 5.97. The number of benzene rings is 2. The van der Waals surface area contributed by atoms with Crippen molar-refractivity contribution in [2.75, 3.05) is 13.7 Å². The van der Waals surface area contributed by atoms with Crippen LogP contribution < -0.4 is 14.9 Å². The molecule has 0 aliphatic rings. The Morgan fingerprint density at radius 3 is 2.65 bits per heavy atom. The Hall–Kier alpha value is -3.08. The highest BCUT2D eigenvalue weighted by atomic mass is 16.5. The lowest BCUT2D eigenvalue weighted by Gasteiger charge is -2.08. The average Bonchev–Trinajstić information content (AvgIpc) is 2.60. The third-order valence-corrected chi connectivity index (χ3v) is 2.98. The summed E-state index contributed by atoms with van der Waals surface area (Å²) >= 11 is 0. The first kappa shape index (κ1) is 16.3. The van der Waals surface area contributed by atoms with Crippen molar-refractivity contribution >= 4 is 12.1 Å². The molecule has 0 saturated heterocycles. The number of nitrogens with one attached hydrogen (secondary N) is 1. The molecule has 2 aromatic rings. The molecule has 23 heavy (non-hydrogen) atoms. The second kappa shape index (κ2) is 8.38. The van der Waals surface area contributed by atoms with E-state index in [4.69, 9.17) is 9.47 Å². The number of methoxy groups -OCH3 is 1. The van der Waals surface area contributed by atoms with E-state index < -0.39 is 0 Å². The zero-order valence-corrected chi connectivity index (χ0v) is 12.9. The second-order valence-corrected chi connectivity index (χ2v) is 4.57. The zero-order valence-electron chi connectivity index (χ0n) is 12.9. The fourth-order valence-corrected chi connectivity index (χ4v) is 1.84. The van der Waals surface area contributed by atoms with E-state index in [0.29, 0.717) is 17.9 Å².